The number of benzene rings is 1. The molecule has 0 saturated carbocycles. The molecule has 0 amide bonds. The summed E-state index contributed by atoms with van der Waals surface area (Å²) in [4.78, 5) is 4.32. The van der Waals surface area contributed by atoms with E-state index >= 15 is 0 Å². The van der Waals surface area contributed by atoms with Gasteiger partial charge in [0.05, 0.1) is 6.61 Å². The molecule has 0 aliphatic heterocycles. The molecule has 2 rings (SSSR count). The molecule has 1 aliphatic carbocycles. The number of allylic oxidation sites excluding steroid dienone is 1. The Hall–Kier alpha value is -1.28. The number of rotatable bonds is 10. The molecule has 0 aromatic heterocycles. The first-order valence-corrected chi connectivity index (χ1v) is 9.65. The van der Waals surface area contributed by atoms with Crippen molar-refractivity contribution in [3.63, 3.8) is 0 Å². The predicted octanol–water partition coefficient (Wildman–Crippen LogP) is 4.19. The topological polar surface area (TPSA) is 54.9 Å². The number of aliphatic imine (C=N–C) groups is 1. The molecule has 0 radical (unpaired) electrons. The van der Waals surface area contributed by atoms with E-state index < -0.39 is 0 Å². The van der Waals surface area contributed by atoms with Crippen LogP contribution in [0, 0.1) is 6.92 Å². The summed E-state index contributed by atoms with van der Waals surface area (Å²) in [6, 6.07) is 6.29. The molecule has 0 unspecified atom stereocenters. The number of nitrogens with one attached hydrogen (secondary N) is 2. The summed E-state index contributed by atoms with van der Waals surface area (Å²) in [5.41, 5.74) is 3.87. The van der Waals surface area contributed by atoms with Gasteiger partial charge in [-0.3, -0.25) is 4.99 Å². The zero-order valence-electron chi connectivity index (χ0n) is 16.8. The first-order chi connectivity index (χ1) is 12.7. The fraction of sp³-hybridized carbons (Fsp3) is 0.571. The van der Waals surface area contributed by atoms with E-state index in [1.54, 1.807) is 12.6 Å². The number of hydrogen-bond acceptors (Lipinski definition) is 3. The van der Waals surface area contributed by atoms with Crippen LogP contribution < -0.4 is 15.4 Å². The molecule has 0 heterocycles. The van der Waals surface area contributed by atoms with E-state index in [0.717, 1.165) is 30.2 Å². The number of aryl methyl sites for hydroxylation is 1. The SMILES string of the molecule is CCOCCOc1cc(C)ccc1CNC(=NC)NCCC1=CCCC1.I. The van der Waals surface area contributed by atoms with Crippen LogP contribution in [0.25, 0.3) is 0 Å². The van der Waals surface area contributed by atoms with Crippen LogP contribution in [0.2, 0.25) is 0 Å². The van der Waals surface area contributed by atoms with Crippen molar-refractivity contribution < 1.29 is 9.47 Å². The van der Waals surface area contributed by atoms with Crippen LogP contribution in [-0.2, 0) is 11.3 Å². The standard InChI is InChI=1S/C21H33N3O2.HI/c1-4-25-13-14-26-20-15-17(2)9-10-19(20)16-24-21(22-3)23-12-11-18-7-5-6-8-18;/h7,9-10,15H,4-6,8,11-14,16H2,1-3H3,(H2,22,23,24);1H. The number of ether oxygens (including phenoxy) is 2. The van der Waals surface area contributed by atoms with Crippen LogP contribution in [0.4, 0.5) is 0 Å². The van der Waals surface area contributed by atoms with Gasteiger partial charge < -0.3 is 20.1 Å². The second-order valence-corrected chi connectivity index (χ2v) is 6.51. The Balaban J connectivity index is 0.00000364. The highest BCUT2D eigenvalue weighted by atomic mass is 127. The molecule has 0 atom stereocenters. The van der Waals surface area contributed by atoms with Crippen molar-refractivity contribution in [1.29, 1.82) is 0 Å². The molecule has 6 heteroatoms. The third kappa shape index (κ3) is 8.97. The van der Waals surface area contributed by atoms with E-state index in [4.69, 9.17) is 9.47 Å². The molecule has 0 bridgehead atoms. The zero-order valence-corrected chi connectivity index (χ0v) is 19.2. The lowest BCUT2D eigenvalue weighted by Gasteiger charge is -2.15. The quantitative estimate of drug-likeness (QED) is 0.171. The van der Waals surface area contributed by atoms with Gasteiger partial charge in [0.1, 0.15) is 12.4 Å². The van der Waals surface area contributed by atoms with Crippen molar-refractivity contribution in [2.75, 3.05) is 33.4 Å². The minimum Gasteiger partial charge on any atom is -0.491 e. The van der Waals surface area contributed by atoms with Crippen molar-refractivity contribution in [3.05, 3.63) is 41.0 Å². The van der Waals surface area contributed by atoms with Crippen molar-refractivity contribution >= 4 is 29.9 Å². The average Bonchev–Trinajstić information content (AvgIpc) is 3.16. The molecule has 1 aromatic carbocycles. The van der Waals surface area contributed by atoms with E-state index in [1.165, 1.54) is 24.8 Å². The van der Waals surface area contributed by atoms with Gasteiger partial charge in [0.2, 0.25) is 0 Å². The van der Waals surface area contributed by atoms with Crippen LogP contribution in [-0.4, -0.2) is 39.4 Å². The summed E-state index contributed by atoms with van der Waals surface area (Å²) in [7, 11) is 1.80. The van der Waals surface area contributed by atoms with E-state index in [-0.39, 0.29) is 24.0 Å². The van der Waals surface area contributed by atoms with Crippen LogP contribution >= 0.6 is 24.0 Å². The Morgan fingerprint density at radius 3 is 2.78 bits per heavy atom. The summed E-state index contributed by atoms with van der Waals surface area (Å²) < 4.78 is 11.3. The van der Waals surface area contributed by atoms with E-state index in [9.17, 15) is 0 Å². The monoisotopic (exact) mass is 487 g/mol. The van der Waals surface area contributed by atoms with Gasteiger partial charge in [-0.1, -0.05) is 23.8 Å². The highest BCUT2D eigenvalue weighted by Gasteiger charge is 2.07. The van der Waals surface area contributed by atoms with Crippen molar-refractivity contribution in [2.24, 2.45) is 4.99 Å². The Kier molecular flexibility index (Phi) is 12.2. The predicted molar refractivity (Wildman–Crippen MR) is 123 cm³/mol. The largest absolute Gasteiger partial charge is 0.491 e. The van der Waals surface area contributed by atoms with Gasteiger partial charge in [-0.25, -0.2) is 0 Å². The van der Waals surface area contributed by atoms with Gasteiger partial charge in [-0.15, -0.1) is 24.0 Å². The van der Waals surface area contributed by atoms with E-state index in [2.05, 4.69) is 46.8 Å². The zero-order chi connectivity index (χ0) is 18.6. The second kappa shape index (κ2) is 13.8. The normalized spacial score (nSPS) is 13.7. The van der Waals surface area contributed by atoms with Crippen LogP contribution in [0.3, 0.4) is 0 Å². The highest BCUT2D eigenvalue weighted by Crippen LogP contribution is 2.21. The van der Waals surface area contributed by atoms with Crippen LogP contribution in [0.15, 0.2) is 34.8 Å². The number of hydrogen-bond donors (Lipinski definition) is 2. The Labute approximate surface area is 181 Å². The lowest BCUT2D eigenvalue weighted by Crippen LogP contribution is -2.37. The maximum absolute atomic E-state index is 5.90. The molecule has 5 nitrogen and oxygen atoms in total. The van der Waals surface area contributed by atoms with Crippen LogP contribution in [0.5, 0.6) is 5.75 Å². The fourth-order valence-electron chi connectivity index (χ4n) is 3.00. The summed E-state index contributed by atoms with van der Waals surface area (Å²) in [6.07, 6.45) is 7.26. The van der Waals surface area contributed by atoms with Crippen LogP contribution in [0.1, 0.15) is 43.7 Å². The lowest BCUT2D eigenvalue weighted by molar-refractivity contribution is 0.110. The second-order valence-electron chi connectivity index (χ2n) is 6.51. The molecule has 2 N–H and O–H groups in total. The Morgan fingerprint density at radius 2 is 2.07 bits per heavy atom. The Morgan fingerprint density at radius 1 is 1.22 bits per heavy atom. The van der Waals surface area contributed by atoms with Crippen molar-refractivity contribution in [2.45, 2.75) is 46.1 Å². The molecule has 1 aromatic rings. The lowest BCUT2D eigenvalue weighted by atomic mass is 10.1. The maximum Gasteiger partial charge on any atom is 0.191 e. The first-order valence-electron chi connectivity index (χ1n) is 9.65. The van der Waals surface area contributed by atoms with Crippen molar-refractivity contribution in [3.8, 4) is 5.75 Å². The van der Waals surface area contributed by atoms with E-state index in [0.29, 0.717) is 26.4 Å². The fourth-order valence-corrected chi connectivity index (χ4v) is 3.00. The molecule has 0 spiro atoms. The summed E-state index contributed by atoms with van der Waals surface area (Å²) >= 11 is 0. The van der Waals surface area contributed by atoms with Gasteiger partial charge in [0, 0.05) is 32.3 Å². The molecule has 27 heavy (non-hydrogen) atoms. The van der Waals surface area contributed by atoms with Gasteiger partial charge in [-0.2, -0.15) is 0 Å². The summed E-state index contributed by atoms with van der Waals surface area (Å²) in [6.45, 7) is 7.53. The molecular weight excluding hydrogens is 453 g/mol. The Bertz CT molecular complexity index is 617. The minimum atomic E-state index is 0. The average molecular weight is 487 g/mol. The highest BCUT2D eigenvalue weighted by molar-refractivity contribution is 14.0. The third-order valence-corrected chi connectivity index (χ3v) is 4.46. The summed E-state index contributed by atoms with van der Waals surface area (Å²) in [5.74, 6) is 1.73. The molecule has 0 saturated heterocycles. The third-order valence-electron chi connectivity index (χ3n) is 4.46. The first kappa shape index (κ1) is 23.8. The van der Waals surface area contributed by atoms with Gasteiger partial charge >= 0.3 is 0 Å². The smallest absolute Gasteiger partial charge is 0.191 e. The number of guanidine groups is 1. The molecule has 152 valence electrons. The molecule has 0 fully saturated rings. The van der Waals surface area contributed by atoms with E-state index in [1.807, 2.05) is 6.92 Å². The molecular formula is C21H34IN3O2. The molecule has 1 aliphatic rings. The summed E-state index contributed by atoms with van der Waals surface area (Å²) in [5, 5.41) is 6.78. The maximum atomic E-state index is 5.90. The van der Waals surface area contributed by atoms with Crippen molar-refractivity contribution in [1.82, 2.24) is 10.6 Å². The van der Waals surface area contributed by atoms with Gasteiger partial charge in [-0.05, 0) is 51.2 Å². The number of nitrogens with zero attached hydrogens (tertiary/aromatic N) is 1. The van der Waals surface area contributed by atoms with Gasteiger partial charge in [0.25, 0.3) is 0 Å². The minimum absolute atomic E-state index is 0. The van der Waals surface area contributed by atoms with Gasteiger partial charge in [0.15, 0.2) is 5.96 Å². The number of halogens is 1.